The van der Waals surface area contributed by atoms with E-state index in [0.29, 0.717) is 0 Å². The zero-order valence-corrected chi connectivity index (χ0v) is 25.5. The molecule has 3 aromatic heterocycles. The van der Waals surface area contributed by atoms with Gasteiger partial charge in [0.2, 0.25) is 0 Å². The summed E-state index contributed by atoms with van der Waals surface area (Å²) >= 11 is 1.89. The zero-order chi connectivity index (χ0) is 29.9. The van der Waals surface area contributed by atoms with Crippen LogP contribution in [0.25, 0.3) is 82.5 Å². The van der Waals surface area contributed by atoms with Gasteiger partial charge in [0.05, 0.1) is 44.5 Å². The van der Waals surface area contributed by atoms with Crippen molar-refractivity contribution in [3.8, 4) is 17.1 Å². The van der Waals surface area contributed by atoms with Gasteiger partial charge >= 0.3 is 0 Å². The summed E-state index contributed by atoms with van der Waals surface area (Å²) in [4.78, 5) is 2.57. The van der Waals surface area contributed by atoms with Crippen LogP contribution in [0, 0.1) is 0 Å². The molecule has 1 aliphatic rings. The number of fused-ring (bicyclic) bond motifs is 12. The lowest BCUT2D eigenvalue weighted by molar-refractivity contribution is 1.09. The van der Waals surface area contributed by atoms with Crippen molar-refractivity contribution in [3.05, 3.63) is 152 Å². The van der Waals surface area contributed by atoms with E-state index in [1.54, 1.807) is 0 Å². The van der Waals surface area contributed by atoms with Crippen molar-refractivity contribution >= 4 is 77.2 Å². The van der Waals surface area contributed by atoms with Gasteiger partial charge in [-0.25, -0.2) is 0 Å². The summed E-state index contributed by atoms with van der Waals surface area (Å²) in [5.41, 5.74) is 11.0. The number of nitrogens with zero attached hydrogens (tertiary/aromatic N) is 3. The molecule has 0 amide bonds. The van der Waals surface area contributed by atoms with Gasteiger partial charge in [0.15, 0.2) is 0 Å². The summed E-state index contributed by atoms with van der Waals surface area (Å²) in [6.45, 7) is 0. The molecule has 214 valence electrons. The highest BCUT2D eigenvalue weighted by Gasteiger charge is 2.28. The normalized spacial score (nSPS) is 12.7. The average molecular weight is 604 g/mol. The Morgan fingerprint density at radius 2 is 0.935 bits per heavy atom. The van der Waals surface area contributed by atoms with Gasteiger partial charge in [0.25, 0.3) is 0 Å². The van der Waals surface area contributed by atoms with Crippen LogP contribution in [0.2, 0.25) is 0 Å². The molecule has 11 rings (SSSR count). The van der Waals surface area contributed by atoms with E-state index >= 15 is 0 Å². The van der Waals surface area contributed by atoms with Gasteiger partial charge in [-0.1, -0.05) is 109 Å². The van der Waals surface area contributed by atoms with Crippen molar-refractivity contribution in [2.45, 2.75) is 9.79 Å². The molecule has 0 atom stereocenters. The molecule has 10 aromatic rings. The van der Waals surface area contributed by atoms with Crippen LogP contribution >= 0.6 is 11.8 Å². The van der Waals surface area contributed by atoms with E-state index in [-0.39, 0.29) is 0 Å². The maximum atomic E-state index is 2.52. The fourth-order valence-electron chi connectivity index (χ4n) is 8.04. The van der Waals surface area contributed by atoms with E-state index in [1.807, 2.05) is 11.8 Å². The van der Waals surface area contributed by atoms with Crippen LogP contribution in [0.4, 0.5) is 0 Å². The van der Waals surface area contributed by atoms with Gasteiger partial charge in [-0.2, -0.15) is 0 Å². The Hall–Kier alpha value is -5.71. The van der Waals surface area contributed by atoms with Crippen molar-refractivity contribution in [2.75, 3.05) is 0 Å². The van der Waals surface area contributed by atoms with Gasteiger partial charge in [-0.05, 0) is 54.6 Å². The summed E-state index contributed by atoms with van der Waals surface area (Å²) in [5, 5.41) is 7.72. The number of rotatable bonds is 2. The third-order valence-corrected chi connectivity index (χ3v) is 10.9. The highest BCUT2D eigenvalue weighted by Crippen LogP contribution is 2.51. The van der Waals surface area contributed by atoms with Crippen LogP contribution in [-0.4, -0.2) is 13.7 Å². The van der Waals surface area contributed by atoms with E-state index in [4.69, 9.17) is 0 Å². The third kappa shape index (κ3) is 3.04. The van der Waals surface area contributed by atoms with Crippen LogP contribution in [0.15, 0.2) is 161 Å². The highest BCUT2D eigenvalue weighted by molar-refractivity contribution is 7.99. The Labute approximate surface area is 268 Å². The lowest BCUT2D eigenvalue weighted by Crippen LogP contribution is -2.02. The maximum Gasteiger partial charge on any atom is 0.0782 e. The second-order valence-electron chi connectivity index (χ2n) is 12.1. The molecular formula is C42H25N3S. The van der Waals surface area contributed by atoms with Gasteiger partial charge in [-0.3, -0.25) is 0 Å². The molecule has 0 saturated carbocycles. The van der Waals surface area contributed by atoms with Gasteiger partial charge < -0.3 is 13.7 Å². The van der Waals surface area contributed by atoms with Crippen molar-refractivity contribution < 1.29 is 0 Å². The smallest absolute Gasteiger partial charge is 0.0782 e. The molecule has 4 heteroatoms. The molecule has 46 heavy (non-hydrogen) atoms. The quantitative estimate of drug-likeness (QED) is 0.192. The summed E-state index contributed by atoms with van der Waals surface area (Å²) in [6.07, 6.45) is 0. The van der Waals surface area contributed by atoms with Crippen molar-refractivity contribution in [1.29, 1.82) is 0 Å². The second-order valence-corrected chi connectivity index (χ2v) is 13.2. The third-order valence-electron chi connectivity index (χ3n) is 9.79. The lowest BCUT2D eigenvalue weighted by atomic mass is 10.1. The number of benzene rings is 7. The topological polar surface area (TPSA) is 14.8 Å². The number of para-hydroxylation sites is 6. The van der Waals surface area contributed by atoms with Crippen molar-refractivity contribution in [3.63, 3.8) is 0 Å². The summed E-state index contributed by atoms with van der Waals surface area (Å²) in [7, 11) is 0. The SMILES string of the molecule is c1ccc(-n2c3ccccc3c3cccc(-n4c5ccccc5c5c6c7ccccc7n7c6c(cc54)Sc4ccccc4-7)c32)cc1. The molecule has 0 spiro atoms. The molecule has 0 fully saturated rings. The minimum atomic E-state index is 1.16. The summed E-state index contributed by atoms with van der Waals surface area (Å²) in [6, 6.07) is 55.5. The molecule has 0 N–H and O–H groups in total. The monoisotopic (exact) mass is 603 g/mol. The Morgan fingerprint density at radius 3 is 1.74 bits per heavy atom. The molecular weight excluding hydrogens is 579 g/mol. The van der Waals surface area contributed by atoms with Crippen LogP contribution in [0.1, 0.15) is 0 Å². The fourth-order valence-corrected chi connectivity index (χ4v) is 9.15. The number of hydrogen-bond acceptors (Lipinski definition) is 1. The first kappa shape index (κ1) is 24.6. The van der Waals surface area contributed by atoms with Crippen LogP contribution in [-0.2, 0) is 0 Å². The van der Waals surface area contributed by atoms with E-state index in [2.05, 4.69) is 165 Å². The van der Waals surface area contributed by atoms with Crippen molar-refractivity contribution in [2.24, 2.45) is 0 Å². The van der Waals surface area contributed by atoms with E-state index in [1.165, 1.54) is 86.6 Å². The fraction of sp³-hybridized carbons (Fsp3) is 0. The molecule has 0 saturated heterocycles. The minimum absolute atomic E-state index is 1.16. The van der Waals surface area contributed by atoms with Gasteiger partial charge in [-0.15, -0.1) is 0 Å². The molecule has 7 aromatic carbocycles. The Bertz CT molecular complexity index is 2890. The highest BCUT2D eigenvalue weighted by atomic mass is 32.2. The molecule has 0 bridgehead atoms. The van der Waals surface area contributed by atoms with E-state index < -0.39 is 0 Å². The van der Waals surface area contributed by atoms with Crippen LogP contribution < -0.4 is 0 Å². The zero-order valence-electron chi connectivity index (χ0n) is 24.7. The first-order valence-corrected chi connectivity index (χ1v) is 16.5. The van der Waals surface area contributed by atoms with E-state index in [9.17, 15) is 0 Å². The molecule has 0 radical (unpaired) electrons. The predicted octanol–water partition coefficient (Wildman–Crippen LogP) is 11.4. The van der Waals surface area contributed by atoms with E-state index in [0.717, 1.165) is 5.69 Å². The summed E-state index contributed by atoms with van der Waals surface area (Å²) in [5.74, 6) is 0. The average Bonchev–Trinajstić information content (AvgIpc) is 3.75. The minimum Gasteiger partial charge on any atom is -0.307 e. The van der Waals surface area contributed by atoms with Gasteiger partial charge in [0, 0.05) is 47.8 Å². The van der Waals surface area contributed by atoms with Crippen LogP contribution in [0.5, 0.6) is 0 Å². The molecule has 0 unspecified atom stereocenters. The molecule has 1 aliphatic heterocycles. The largest absolute Gasteiger partial charge is 0.307 e. The van der Waals surface area contributed by atoms with Gasteiger partial charge in [0.1, 0.15) is 0 Å². The Kier molecular flexibility index (Phi) is 4.78. The van der Waals surface area contributed by atoms with Crippen molar-refractivity contribution in [1.82, 2.24) is 13.7 Å². The molecule has 3 nitrogen and oxygen atoms in total. The summed E-state index contributed by atoms with van der Waals surface area (Å²) < 4.78 is 7.46. The Balaban J connectivity index is 1.37. The number of aromatic nitrogens is 3. The number of hydrogen-bond donors (Lipinski definition) is 0. The first-order chi connectivity index (χ1) is 22.9. The molecule has 4 heterocycles. The predicted molar refractivity (Wildman–Crippen MR) is 194 cm³/mol. The molecule has 0 aliphatic carbocycles. The second kappa shape index (κ2) is 8.94. The lowest BCUT2D eigenvalue weighted by Gasteiger charge is -2.20. The van der Waals surface area contributed by atoms with Crippen LogP contribution in [0.3, 0.4) is 0 Å². The standard InChI is InChI=1S/C42H25N3S/c1-2-13-26(14-3-1)43-31-19-7-4-15-27(31)28-18-12-23-35(41(28)43)44-32-20-8-5-16-29(32)39-36(44)25-38-42-40(39)30-17-6-9-21-33(30)45(42)34-22-10-11-24-37(34)46-38/h1-25H. The first-order valence-electron chi connectivity index (χ1n) is 15.7. The Morgan fingerprint density at radius 1 is 0.348 bits per heavy atom. The maximum absolute atomic E-state index is 2.52.